The third-order valence-electron chi connectivity index (χ3n) is 2.36. The van der Waals surface area contributed by atoms with Gasteiger partial charge >= 0.3 is 0 Å². The van der Waals surface area contributed by atoms with Crippen molar-refractivity contribution in [3.63, 3.8) is 0 Å². The van der Waals surface area contributed by atoms with Crippen LogP contribution >= 0.6 is 0 Å². The molecule has 0 aromatic rings. The van der Waals surface area contributed by atoms with Crippen molar-refractivity contribution in [2.45, 2.75) is 45.7 Å². The highest BCUT2D eigenvalue weighted by Crippen LogP contribution is 2.16. The molecule has 0 saturated carbocycles. The van der Waals surface area contributed by atoms with Crippen LogP contribution in [0.3, 0.4) is 0 Å². The molecule has 0 saturated heterocycles. The molecule has 1 amide bonds. The molecule has 2 N–H and O–H groups in total. The van der Waals surface area contributed by atoms with Crippen LogP contribution in [-0.4, -0.2) is 41.0 Å². The number of ketones is 1. The lowest BCUT2D eigenvalue weighted by molar-refractivity contribution is -0.126. The Hall–Kier alpha value is -1.30. The smallest absolute Gasteiger partial charge is 0.249 e. The Balaban J connectivity index is 4.69. The molecule has 0 spiro atoms. The number of rotatable bonds is 6. The fraction of sp³-hybridized carbons (Fsp3) is 0.818. The predicted octanol–water partition coefficient (Wildman–Crippen LogP) is 0.693. The largest absolute Gasteiger partial charge is 0.395 e. The van der Waals surface area contributed by atoms with Crippen LogP contribution in [0.1, 0.15) is 34.6 Å². The molecule has 98 valence electrons. The van der Waals surface area contributed by atoms with E-state index in [2.05, 4.69) is 15.5 Å². The number of aliphatic hydroxyl groups is 1. The number of nitrogens with zero attached hydrogens (tertiary/aromatic N) is 2. The second-order valence-corrected chi connectivity index (χ2v) is 4.85. The summed E-state index contributed by atoms with van der Waals surface area (Å²) in [4.78, 5) is 22.9. The summed E-state index contributed by atoms with van der Waals surface area (Å²) in [6.45, 7) is 7.95. The number of hydrogen-bond acceptors (Lipinski definition) is 5. The van der Waals surface area contributed by atoms with E-state index >= 15 is 0 Å². The summed E-state index contributed by atoms with van der Waals surface area (Å²) in [7, 11) is 0. The highest BCUT2D eigenvalue weighted by Gasteiger charge is 2.30. The van der Waals surface area contributed by atoms with Crippen LogP contribution in [0.5, 0.6) is 0 Å². The predicted molar refractivity (Wildman–Crippen MR) is 63.8 cm³/mol. The minimum absolute atomic E-state index is 0.118. The number of carbonyl (C=O) groups excluding carboxylic acids is 2. The van der Waals surface area contributed by atoms with Gasteiger partial charge in [-0.3, -0.25) is 9.59 Å². The molecular weight excluding hydrogens is 222 g/mol. The van der Waals surface area contributed by atoms with Crippen molar-refractivity contribution in [1.29, 1.82) is 0 Å². The number of hydrogen-bond donors (Lipinski definition) is 2. The van der Waals surface area contributed by atoms with Crippen molar-refractivity contribution >= 4 is 11.7 Å². The third-order valence-corrected chi connectivity index (χ3v) is 2.36. The minimum atomic E-state index is -1.05. The first-order valence-electron chi connectivity index (χ1n) is 5.48. The topological polar surface area (TPSA) is 91.1 Å². The van der Waals surface area contributed by atoms with Crippen molar-refractivity contribution in [2.75, 3.05) is 13.2 Å². The molecule has 0 radical (unpaired) electrons. The first-order chi connectivity index (χ1) is 7.63. The Morgan fingerprint density at radius 3 is 2.00 bits per heavy atom. The maximum atomic E-state index is 11.6. The van der Waals surface area contributed by atoms with Crippen molar-refractivity contribution in [3.05, 3.63) is 0 Å². The molecule has 17 heavy (non-hydrogen) atoms. The summed E-state index contributed by atoms with van der Waals surface area (Å²) >= 11 is 0. The maximum absolute atomic E-state index is 11.6. The summed E-state index contributed by atoms with van der Waals surface area (Å²) in [6.07, 6.45) is 0. The van der Waals surface area contributed by atoms with Gasteiger partial charge in [0.25, 0.3) is 0 Å². The van der Waals surface area contributed by atoms with Crippen LogP contribution in [0.25, 0.3) is 0 Å². The van der Waals surface area contributed by atoms with E-state index in [1.54, 1.807) is 27.7 Å². The molecule has 0 atom stereocenters. The van der Waals surface area contributed by atoms with Gasteiger partial charge in [-0.1, -0.05) is 0 Å². The second kappa shape index (κ2) is 5.86. The zero-order chi connectivity index (χ0) is 13.7. The van der Waals surface area contributed by atoms with E-state index in [0.717, 1.165) is 0 Å². The van der Waals surface area contributed by atoms with E-state index in [4.69, 9.17) is 5.11 Å². The molecule has 0 bridgehead atoms. The monoisotopic (exact) mass is 243 g/mol. The molecule has 0 aliphatic heterocycles. The van der Waals surface area contributed by atoms with Gasteiger partial charge in [-0.25, -0.2) is 0 Å². The molecule has 0 aromatic heterocycles. The lowest BCUT2D eigenvalue weighted by atomic mass is 10.0. The van der Waals surface area contributed by atoms with Gasteiger partial charge in [0.2, 0.25) is 5.91 Å². The summed E-state index contributed by atoms with van der Waals surface area (Å²) in [6, 6.07) is 0. The van der Waals surface area contributed by atoms with Crippen LogP contribution in [0.15, 0.2) is 10.2 Å². The van der Waals surface area contributed by atoms with Crippen molar-refractivity contribution < 1.29 is 14.7 Å². The molecule has 6 heteroatoms. The van der Waals surface area contributed by atoms with Gasteiger partial charge in [0.1, 0.15) is 5.54 Å². The lowest BCUT2D eigenvalue weighted by Gasteiger charge is -2.20. The van der Waals surface area contributed by atoms with E-state index < -0.39 is 11.1 Å². The average molecular weight is 243 g/mol. The fourth-order valence-corrected chi connectivity index (χ4v) is 0.752. The average Bonchev–Trinajstić information content (AvgIpc) is 2.23. The van der Waals surface area contributed by atoms with E-state index in [-0.39, 0.29) is 24.8 Å². The fourth-order valence-electron chi connectivity index (χ4n) is 0.752. The summed E-state index contributed by atoms with van der Waals surface area (Å²) in [5.41, 5.74) is -1.98. The summed E-state index contributed by atoms with van der Waals surface area (Å²) in [5, 5.41) is 18.9. The molecule has 0 aliphatic rings. The van der Waals surface area contributed by atoms with Gasteiger partial charge in [-0.2, -0.15) is 10.2 Å². The van der Waals surface area contributed by atoms with Gasteiger partial charge in [-0.15, -0.1) is 0 Å². The van der Waals surface area contributed by atoms with Gasteiger partial charge in [0.15, 0.2) is 11.3 Å². The van der Waals surface area contributed by atoms with Crippen molar-refractivity contribution in [1.82, 2.24) is 5.32 Å². The normalized spacial score (nSPS) is 12.8. The second-order valence-electron chi connectivity index (χ2n) is 4.85. The molecule has 0 rings (SSSR count). The van der Waals surface area contributed by atoms with Crippen LogP contribution in [0, 0.1) is 0 Å². The SMILES string of the molecule is CC(=O)C(C)(C)N=NC(C)(C)C(=O)NCCO. The zero-order valence-corrected chi connectivity index (χ0v) is 11.1. The summed E-state index contributed by atoms with van der Waals surface area (Å²) < 4.78 is 0. The Kier molecular flexibility index (Phi) is 5.41. The van der Waals surface area contributed by atoms with Crippen molar-refractivity contribution in [2.24, 2.45) is 10.2 Å². The number of aliphatic hydroxyl groups excluding tert-OH is 1. The highest BCUT2D eigenvalue weighted by molar-refractivity contribution is 5.86. The van der Waals surface area contributed by atoms with E-state index in [9.17, 15) is 9.59 Å². The Labute approximate surface area is 102 Å². The first-order valence-corrected chi connectivity index (χ1v) is 5.48. The molecule has 0 heterocycles. The summed E-state index contributed by atoms with van der Waals surface area (Å²) in [5.74, 6) is -0.456. The molecule has 0 aliphatic carbocycles. The third kappa shape index (κ3) is 5.04. The molecule has 0 unspecified atom stereocenters. The Bertz CT molecular complexity index is 322. The molecular formula is C11H21N3O3. The van der Waals surface area contributed by atoms with Gasteiger partial charge in [0.05, 0.1) is 6.61 Å². The van der Waals surface area contributed by atoms with Crippen LogP contribution < -0.4 is 5.32 Å². The molecule has 6 nitrogen and oxygen atoms in total. The maximum Gasteiger partial charge on any atom is 0.249 e. The standard InChI is InChI=1S/C11H21N3O3/c1-8(16)10(2,3)13-14-11(4,5)9(17)12-6-7-15/h15H,6-7H2,1-5H3,(H,12,17). The lowest BCUT2D eigenvalue weighted by Crippen LogP contribution is -2.42. The number of amides is 1. The number of azo groups is 1. The van der Waals surface area contributed by atoms with Crippen LogP contribution in [0.2, 0.25) is 0 Å². The number of nitrogens with one attached hydrogen (secondary N) is 1. The Morgan fingerprint density at radius 2 is 1.59 bits per heavy atom. The van der Waals surface area contributed by atoms with Gasteiger partial charge in [0, 0.05) is 6.54 Å². The van der Waals surface area contributed by atoms with E-state index in [1.165, 1.54) is 6.92 Å². The number of Topliss-reactive ketones (excluding diaryl/α,β-unsaturated/α-hetero) is 1. The van der Waals surface area contributed by atoms with E-state index in [1.807, 2.05) is 0 Å². The van der Waals surface area contributed by atoms with Gasteiger partial charge < -0.3 is 10.4 Å². The molecule has 0 fully saturated rings. The van der Waals surface area contributed by atoms with Gasteiger partial charge in [-0.05, 0) is 34.6 Å². The van der Waals surface area contributed by atoms with Crippen LogP contribution in [0.4, 0.5) is 0 Å². The Morgan fingerprint density at radius 1 is 1.12 bits per heavy atom. The minimum Gasteiger partial charge on any atom is -0.395 e. The van der Waals surface area contributed by atoms with E-state index in [0.29, 0.717) is 0 Å². The highest BCUT2D eigenvalue weighted by atomic mass is 16.3. The first kappa shape index (κ1) is 15.7. The van der Waals surface area contributed by atoms with Crippen molar-refractivity contribution in [3.8, 4) is 0 Å². The van der Waals surface area contributed by atoms with Crippen LogP contribution in [-0.2, 0) is 9.59 Å². The molecule has 0 aromatic carbocycles. The number of carbonyl (C=O) groups is 2. The quantitative estimate of drug-likeness (QED) is 0.672. The zero-order valence-electron chi connectivity index (χ0n) is 11.1.